The topological polar surface area (TPSA) is 82.3 Å². The number of hydrogen-bond donors (Lipinski definition) is 2. The lowest BCUT2D eigenvalue weighted by atomic mass is 9.94. The molecule has 5 nitrogen and oxygen atoms in total. The van der Waals surface area contributed by atoms with E-state index < -0.39 is 20.5 Å². The van der Waals surface area contributed by atoms with Gasteiger partial charge in [-0.15, -0.1) is 0 Å². The Labute approximate surface area is 129 Å². The standard InChI is InChI=1S/C11H22N2OSi.C2HF3O2/c1-11(2,3)15(4,5)14-8-10-9(6-12)7-13-10;3-2(4,5)1(6)7/h9-10,13H,7-8H2,1-5H3;(H,6,7)/t9?,10-;/m1./s1. The van der Waals surface area contributed by atoms with Crippen LogP contribution < -0.4 is 5.32 Å². The molecule has 1 rings (SSSR count). The average Bonchev–Trinajstić information content (AvgIpc) is 2.25. The number of carbonyl (C=O) groups is 1. The lowest BCUT2D eigenvalue weighted by molar-refractivity contribution is -0.192. The molecule has 0 aromatic rings. The first-order valence-electron chi connectivity index (χ1n) is 6.79. The first-order chi connectivity index (χ1) is 9.72. The first kappa shape index (κ1) is 20.9. The quantitative estimate of drug-likeness (QED) is 0.772. The largest absolute Gasteiger partial charge is 0.490 e. The molecule has 0 aromatic carbocycles. The van der Waals surface area contributed by atoms with Gasteiger partial charge in [-0.2, -0.15) is 18.4 Å². The Morgan fingerprint density at radius 1 is 1.41 bits per heavy atom. The number of alkyl halides is 3. The van der Waals surface area contributed by atoms with Crippen LogP contribution in [0.15, 0.2) is 0 Å². The summed E-state index contributed by atoms with van der Waals surface area (Å²) in [5, 5.41) is 19.4. The molecular formula is C13H23F3N2O3Si. The van der Waals surface area contributed by atoms with Crippen molar-refractivity contribution in [1.29, 1.82) is 5.26 Å². The van der Waals surface area contributed by atoms with Gasteiger partial charge in [0.15, 0.2) is 8.32 Å². The lowest BCUT2D eigenvalue weighted by Crippen LogP contribution is -2.56. The van der Waals surface area contributed by atoms with E-state index >= 15 is 0 Å². The third kappa shape index (κ3) is 6.33. The molecule has 1 heterocycles. The molecule has 0 radical (unpaired) electrons. The van der Waals surface area contributed by atoms with E-state index in [0.717, 1.165) is 6.54 Å². The Morgan fingerprint density at radius 2 is 1.86 bits per heavy atom. The van der Waals surface area contributed by atoms with Crippen molar-refractivity contribution in [2.24, 2.45) is 5.92 Å². The fourth-order valence-electron chi connectivity index (χ4n) is 1.23. The van der Waals surface area contributed by atoms with E-state index in [2.05, 4.69) is 45.3 Å². The van der Waals surface area contributed by atoms with Crippen molar-refractivity contribution in [2.75, 3.05) is 13.2 Å². The number of halogens is 3. The molecule has 0 aliphatic carbocycles. The van der Waals surface area contributed by atoms with E-state index in [1.165, 1.54) is 0 Å². The van der Waals surface area contributed by atoms with Crippen LogP contribution in [0.4, 0.5) is 13.2 Å². The van der Waals surface area contributed by atoms with Gasteiger partial charge in [0.2, 0.25) is 0 Å². The van der Waals surface area contributed by atoms with E-state index in [1.54, 1.807) is 0 Å². The van der Waals surface area contributed by atoms with Gasteiger partial charge in [0.25, 0.3) is 0 Å². The number of nitrogens with one attached hydrogen (secondary N) is 1. The van der Waals surface area contributed by atoms with E-state index in [9.17, 15) is 13.2 Å². The van der Waals surface area contributed by atoms with Crippen molar-refractivity contribution in [3.8, 4) is 6.07 Å². The third-order valence-corrected chi connectivity index (χ3v) is 8.42. The minimum absolute atomic E-state index is 0.148. The summed E-state index contributed by atoms with van der Waals surface area (Å²) in [5.41, 5.74) is 0. The van der Waals surface area contributed by atoms with Gasteiger partial charge in [0.1, 0.15) is 0 Å². The first-order valence-corrected chi connectivity index (χ1v) is 9.70. The zero-order valence-electron chi connectivity index (χ0n) is 13.4. The highest BCUT2D eigenvalue weighted by Crippen LogP contribution is 2.36. The van der Waals surface area contributed by atoms with Crippen LogP contribution in [-0.2, 0) is 9.22 Å². The predicted molar refractivity (Wildman–Crippen MR) is 77.7 cm³/mol. The highest BCUT2D eigenvalue weighted by molar-refractivity contribution is 6.74. The molecule has 9 heteroatoms. The van der Waals surface area contributed by atoms with E-state index in [1.807, 2.05) is 0 Å². The van der Waals surface area contributed by atoms with Crippen LogP contribution in [0.25, 0.3) is 0 Å². The predicted octanol–water partition coefficient (Wildman–Crippen LogP) is 2.75. The second kappa shape index (κ2) is 7.44. The molecule has 0 saturated carbocycles. The van der Waals surface area contributed by atoms with Crippen LogP contribution in [0.5, 0.6) is 0 Å². The monoisotopic (exact) mass is 340 g/mol. The van der Waals surface area contributed by atoms with Gasteiger partial charge in [0.05, 0.1) is 18.6 Å². The van der Waals surface area contributed by atoms with Crippen LogP contribution in [0.2, 0.25) is 18.1 Å². The Kier molecular flexibility index (Phi) is 7.06. The van der Waals surface area contributed by atoms with Gasteiger partial charge in [-0.3, -0.25) is 0 Å². The van der Waals surface area contributed by atoms with Gasteiger partial charge in [-0.1, -0.05) is 20.8 Å². The number of hydrogen-bond acceptors (Lipinski definition) is 4. The average molecular weight is 340 g/mol. The Balaban J connectivity index is 0.000000534. The number of carboxylic acids is 1. The lowest BCUT2D eigenvalue weighted by Gasteiger charge is -2.40. The highest BCUT2D eigenvalue weighted by Gasteiger charge is 2.40. The van der Waals surface area contributed by atoms with Gasteiger partial charge in [-0.05, 0) is 18.1 Å². The number of carboxylic acid groups (broad SMARTS) is 1. The van der Waals surface area contributed by atoms with Crippen LogP contribution in [0, 0.1) is 17.2 Å². The van der Waals surface area contributed by atoms with Gasteiger partial charge in [0, 0.05) is 12.6 Å². The molecule has 1 fully saturated rings. The maximum absolute atomic E-state index is 10.6. The summed E-state index contributed by atoms with van der Waals surface area (Å²) < 4.78 is 37.8. The van der Waals surface area contributed by atoms with Crippen LogP contribution in [0.1, 0.15) is 20.8 Å². The summed E-state index contributed by atoms with van der Waals surface area (Å²) in [7, 11) is -1.64. The molecule has 0 bridgehead atoms. The van der Waals surface area contributed by atoms with Gasteiger partial charge >= 0.3 is 12.1 Å². The zero-order valence-corrected chi connectivity index (χ0v) is 14.4. The summed E-state index contributed by atoms with van der Waals surface area (Å²) in [6, 6.07) is 2.55. The minimum Gasteiger partial charge on any atom is -0.475 e. The molecule has 1 aliphatic heterocycles. The molecule has 1 saturated heterocycles. The van der Waals surface area contributed by atoms with Gasteiger partial charge in [-0.25, -0.2) is 4.79 Å². The maximum Gasteiger partial charge on any atom is 0.490 e. The summed E-state index contributed by atoms with van der Waals surface area (Å²) in [4.78, 5) is 8.90. The van der Waals surface area contributed by atoms with Crippen LogP contribution in [0.3, 0.4) is 0 Å². The number of rotatable bonds is 3. The fraction of sp³-hybridized carbons (Fsp3) is 0.846. The molecule has 128 valence electrons. The van der Waals surface area contributed by atoms with Crippen molar-refractivity contribution in [3.05, 3.63) is 0 Å². The normalized spacial score (nSPS) is 22.0. The van der Waals surface area contributed by atoms with Gasteiger partial charge < -0.3 is 14.8 Å². The molecule has 2 atom stereocenters. The number of nitrogens with zero attached hydrogens (tertiary/aromatic N) is 1. The molecule has 2 N–H and O–H groups in total. The van der Waals surface area contributed by atoms with Crippen LogP contribution >= 0.6 is 0 Å². The van der Waals surface area contributed by atoms with Crippen molar-refractivity contribution in [2.45, 2.75) is 51.1 Å². The third-order valence-electron chi connectivity index (χ3n) is 3.92. The highest BCUT2D eigenvalue weighted by atomic mass is 28.4. The molecule has 1 aliphatic rings. The molecule has 22 heavy (non-hydrogen) atoms. The molecule has 0 amide bonds. The molecule has 1 unspecified atom stereocenters. The smallest absolute Gasteiger partial charge is 0.475 e. The molecule has 0 aromatic heterocycles. The van der Waals surface area contributed by atoms with Crippen molar-refractivity contribution in [3.63, 3.8) is 0 Å². The molecule has 0 spiro atoms. The summed E-state index contributed by atoms with van der Waals surface area (Å²) >= 11 is 0. The van der Waals surface area contributed by atoms with Crippen LogP contribution in [-0.4, -0.2) is 44.8 Å². The Hall–Kier alpha value is -1.11. The minimum atomic E-state index is -5.08. The summed E-state index contributed by atoms with van der Waals surface area (Å²) in [6.45, 7) is 12.7. The number of nitriles is 1. The fourth-order valence-corrected chi connectivity index (χ4v) is 2.26. The Morgan fingerprint density at radius 3 is 2.09 bits per heavy atom. The van der Waals surface area contributed by atoms with Crippen molar-refractivity contribution in [1.82, 2.24) is 5.32 Å². The maximum atomic E-state index is 10.6. The van der Waals surface area contributed by atoms with E-state index in [4.69, 9.17) is 19.6 Å². The summed E-state index contributed by atoms with van der Waals surface area (Å²) in [6.07, 6.45) is -5.08. The molecular weight excluding hydrogens is 317 g/mol. The SMILES string of the molecule is CC(C)(C)[Si](C)(C)OC[C@H]1NCC1C#N.O=C(O)C(F)(F)F. The van der Waals surface area contributed by atoms with Crippen molar-refractivity contribution >= 4 is 14.3 Å². The Bertz CT molecular complexity index is 428. The van der Waals surface area contributed by atoms with Crippen molar-refractivity contribution < 1.29 is 27.5 Å². The summed E-state index contributed by atoms with van der Waals surface area (Å²) in [5.74, 6) is -2.61. The second-order valence-electron chi connectivity index (χ2n) is 6.62. The second-order valence-corrected chi connectivity index (χ2v) is 11.4. The van der Waals surface area contributed by atoms with E-state index in [-0.39, 0.29) is 17.0 Å². The van der Waals surface area contributed by atoms with E-state index in [0.29, 0.717) is 6.61 Å². The zero-order chi connectivity index (χ0) is 17.8. The number of aliphatic carboxylic acids is 1.